The van der Waals surface area contributed by atoms with Crippen molar-refractivity contribution in [3.63, 3.8) is 0 Å². The third-order valence-electron chi connectivity index (χ3n) is 2.44. The summed E-state index contributed by atoms with van der Waals surface area (Å²) in [6.07, 6.45) is 3.53. The fourth-order valence-corrected chi connectivity index (χ4v) is 1.73. The first-order valence-corrected chi connectivity index (χ1v) is 5.85. The van der Waals surface area contributed by atoms with Crippen LogP contribution in [-0.2, 0) is 6.54 Å². The number of amides is 1. The zero-order valence-corrected chi connectivity index (χ0v) is 10.4. The lowest BCUT2D eigenvalue weighted by Gasteiger charge is -2.07. The molecule has 5 nitrogen and oxygen atoms in total. The second-order valence-electron chi connectivity index (χ2n) is 3.76. The van der Waals surface area contributed by atoms with E-state index >= 15 is 0 Å². The second-order valence-corrected chi connectivity index (χ2v) is 4.19. The van der Waals surface area contributed by atoms with Gasteiger partial charge in [-0.15, -0.1) is 0 Å². The van der Waals surface area contributed by atoms with E-state index in [0.29, 0.717) is 29.4 Å². The van der Waals surface area contributed by atoms with E-state index in [2.05, 4.69) is 10.4 Å². The lowest BCUT2D eigenvalue weighted by molar-refractivity contribution is 0.0953. The molecule has 0 unspecified atom stereocenters. The van der Waals surface area contributed by atoms with Crippen molar-refractivity contribution in [2.75, 3.05) is 12.3 Å². The first-order chi connectivity index (χ1) is 8.66. The van der Waals surface area contributed by atoms with Crippen LogP contribution in [0.3, 0.4) is 0 Å². The van der Waals surface area contributed by atoms with Crippen LogP contribution in [-0.4, -0.2) is 22.2 Å². The first kappa shape index (κ1) is 12.4. The summed E-state index contributed by atoms with van der Waals surface area (Å²) in [6.45, 7) is 1.11. The van der Waals surface area contributed by atoms with E-state index in [4.69, 9.17) is 17.3 Å². The molecule has 1 amide bonds. The van der Waals surface area contributed by atoms with E-state index in [1.807, 2.05) is 12.3 Å². The molecule has 94 valence electrons. The number of carbonyl (C=O) groups is 1. The highest BCUT2D eigenvalue weighted by atomic mass is 35.5. The highest BCUT2D eigenvalue weighted by molar-refractivity contribution is 6.31. The fraction of sp³-hybridized carbons (Fsp3) is 0.167. The summed E-state index contributed by atoms with van der Waals surface area (Å²) in [7, 11) is 0. The van der Waals surface area contributed by atoms with Crippen molar-refractivity contribution < 1.29 is 4.79 Å². The number of hydrogen-bond donors (Lipinski definition) is 2. The van der Waals surface area contributed by atoms with Crippen molar-refractivity contribution in [3.8, 4) is 0 Å². The molecule has 2 aromatic rings. The zero-order valence-electron chi connectivity index (χ0n) is 9.64. The molecule has 0 saturated heterocycles. The molecule has 0 bridgehead atoms. The molecule has 1 heterocycles. The number of carbonyl (C=O) groups excluding carboxylic acids is 1. The molecular formula is C12H13ClN4O. The molecule has 18 heavy (non-hydrogen) atoms. The summed E-state index contributed by atoms with van der Waals surface area (Å²) in [6, 6.07) is 6.64. The van der Waals surface area contributed by atoms with E-state index in [1.165, 1.54) is 0 Å². The molecule has 3 N–H and O–H groups in total. The Morgan fingerprint density at radius 3 is 3.00 bits per heavy atom. The minimum Gasteiger partial charge on any atom is -0.398 e. The van der Waals surface area contributed by atoms with Crippen LogP contribution in [0.5, 0.6) is 0 Å². The van der Waals surface area contributed by atoms with Crippen LogP contribution in [0.15, 0.2) is 36.7 Å². The number of halogens is 1. The van der Waals surface area contributed by atoms with Gasteiger partial charge in [0.25, 0.3) is 5.91 Å². The van der Waals surface area contributed by atoms with E-state index in [1.54, 1.807) is 29.1 Å². The first-order valence-electron chi connectivity index (χ1n) is 5.47. The Balaban J connectivity index is 1.91. The van der Waals surface area contributed by atoms with Crippen molar-refractivity contribution in [1.29, 1.82) is 0 Å². The third-order valence-corrected chi connectivity index (χ3v) is 2.68. The molecule has 0 aliphatic carbocycles. The number of anilines is 1. The largest absolute Gasteiger partial charge is 0.398 e. The molecule has 0 fully saturated rings. The Hall–Kier alpha value is -2.01. The predicted octanol–water partition coefficient (Wildman–Crippen LogP) is 1.55. The summed E-state index contributed by atoms with van der Waals surface area (Å²) >= 11 is 5.77. The van der Waals surface area contributed by atoms with Crippen LogP contribution < -0.4 is 11.1 Å². The van der Waals surface area contributed by atoms with E-state index in [0.717, 1.165) is 0 Å². The van der Waals surface area contributed by atoms with Gasteiger partial charge in [-0.1, -0.05) is 11.6 Å². The Morgan fingerprint density at radius 1 is 1.50 bits per heavy atom. The number of benzene rings is 1. The van der Waals surface area contributed by atoms with Gasteiger partial charge in [0.1, 0.15) is 0 Å². The quantitative estimate of drug-likeness (QED) is 0.823. The third kappa shape index (κ3) is 3.01. The topological polar surface area (TPSA) is 72.9 Å². The van der Waals surface area contributed by atoms with Crippen LogP contribution in [0, 0.1) is 0 Å². The Bertz CT molecular complexity index is 539. The highest BCUT2D eigenvalue weighted by Gasteiger charge is 2.09. The number of nitrogen functional groups attached to an aromatic ring is 1. The summed E-state index contributed by atoms with van der Waals surface area (Å²) in [5, 5.41) is 7.33. The van der Waals surface area contributed by atoms with Crippen molar-refractivity contribution in [3.05, 3.63) is 47.2 Å². The second kappa shape index (κ2) is 5.55. The number of nitrogens with two attached hydrogens (primary N) is 1. The van der Waals surface area contributed by atoms with Gasteiger partial charge in [0.05, 0.1) is 12.1 Å². The molecule has 0 saturated carbocycles. The van der Waals surface area contributed by atoms with E-state index in [9.17, 15) is 4.79 Å². The molecule has 0 radical (unpaired) electrons. The van der Waals surface area contributed by atoms with Gasteiger partial charge in [-0.25, -0.2) is 0 Å². The minimum atomic E-state index is -0.212. The van der Waals surface area contributed by atoms with Crippen LogP contribution in [0.2, 0.25) is 5.02 Å². The minimum absolute atomic E-state index is 0.212. The van der Waals surface area contributed by atoms with Gasteiger partial charge < -0.3 is 11.1 Å². The molecule has 2 rings (SSSR count). The monoisotopic (exact) mass is 264 g/mol. The van der Waals surface area contributed by atoms with Gasteiger partial charge in [0.15, 0.2) is 0 Å². The van der Waals surface area contributed by atoms with Gasteiger partial charge in [-0.05, 0) is 24.3 Å². The molecular weight excluding hydrogens is 252 g/mol. The van der Waals surface area contributed by atoms with Crippen molar-refractivity contribution in [1.82, 2.24) is 15.1 Å². The number of nitrogens with zero attached hydrogens (tertiary/aromatic N) is 2. The smallest absolute Gasteiger partial charge is 0.253 e. The fourth-order valence-electron chi connectivity index (χ4n) is 1.55. The van der Waals surface area contributed by atoms with Gasteiger partial charge in [0, 0.05) is 29.6 Å². The van der Waals surface area contributed by atoms with Crippen molar-refractivity contribution in [2.24, 2.45) is 0 Å². The maximum absolute atomic E-state index is 11.8. The van der Waals surface area contributed by atoms with E-state index in [-0.39, 0.29) is 5.91 Å². The molecule has 0 aliphatic rings. The van der Waals surface area contributed by atoms with Gasteiger partial charge in [0.2, 0.25) is 0 Å². The number of hydrogen-bond acceptors (Lipinski definition) is 3. The SMILES string of the molecule is Nc1cc(Cl)ccc1C(=O)NCCn1cccn1. The number of rotatable bonds is 4. The molecule has 0 atom stereocenters. The zero-order chi connectivity index (χ0) is 13.0. The van der Waals surface area contributed by atoms with Crippen LogP contribution in [0.4, 0.5) is 5.69 Å². The summed E-state index contributed by atoms with van der Waals surface area (Å²) < 4.78 is 1.74. The van der Waals surface area contributed by atoms with Gasteiger partial charge >= 0.3 is 0 Å². The summed E-state index contributed by atoms with van der Waals surface area (Å²) in [5.41, 5.74) is 6.53. The predicted molar refractivity (Wildman–Crippen MR) is 70.4 cm³/mol. The molecule has 0 spiro atoms. The summed E-state index contributed by atoms with van der Waals surface area (Å²) in [4.78, 5) is 11.8. The molecule has 1 aromatic heterocycles. The molecule has 0 aliphatic heterocycles. The maximum atomic E-state index is 11.8. The maximum Gasteiger partial charge on any atom is 0.253 e. The van der Waals surface area contributed by atoms with E-state index < -0.39 is 0 Å². The Labute approximate surface area is 110 Å². The normalized spacial score (nSPS) is 10.3. The van der Waals surface area contributed by atoms with Crippen LogP contribution >= 0.6 is 11.6 Å². The summed E-state index contributed by atoms with van der Waals surface area (Å²) in [5.74, 6) is -0.212. The number of aromatic nitrogens is 2. The molecule has 6 heteroatoms. The van der Waals surface area contributed by atoms with Crippen LogP contribution in [0.1, 0.15) is 10.4 Å². The average Bonchev–Trinajstić information content (AvgIpc) is 2.81. The standard InChI is InChI=1S/C12H13ClN4O/c13-9-2-3-10(11(14)8-9)12(18)15-5-7-17-6-1-4-16-17/h1-4,6,8H,5,7,14H2,(H,15,18). The molecule has 1 aromatic carbocycles. The Morgan fingerprint density at radius 2 is 2.33 bits per heavy atom. The van der Waals surface area contributed by atoms with Gasteiger partial charge in [-0.2, -0.15) is 5.10 Å². The van der Waals surface area contributed by atoms with Crippen molar-refractivity contribution >= 4 is 23.2 Å². The lowest BCUT2D eigenvalue weighted by atomic mass is 10.1. The van der Waals surface area contributed by atoms with Gasteiger partial charge in [-0.3, -0.25) is 9.48 Å². The Kier molecular flexibility index (Phi) is 3.84. The lowest BCUT2D eigenvalue weighted by Crippen LogP contribution is -2.28. The average molecular weight is 265 g/mol. The van der Waals surface area contributed by atoms with Crippen LogP contribution in [0.25, 0.3) is 0 Å². The number of nitrogens with one attached hydrogen (secondary N) is 1. The van der Waals surface area contributed by atoms with Crippen molar-refractivity contribution in [2.45, 2.75) is 6.54 Å². The highest BCUT2D eigenvalue weighted by Crippen LogP contribution is 2.17.